The molecule has 0 aromatic rings. The summed E-state index contributed by atoms with van der Waals surface area (Å²) in [5.41, 5.74) is 0. The standard InChI is InChI=1S/C59H110O5/c1-4-7-10-13-16-19-22-24-26-28-30-32-34-36-38-40-43-46-49-52-58(60)63-56-57(55-62-54-51-48-45-42-21-18-15-12-9-6-3)64-59(61)53-50-47-44-41-39-37-35-33-31-29-27-25-23-20-17-14-11-8-5-2/h16,19,24,26,30,32,57H,4-15,17-18,20-23,25,27-29,31,33-56H2,1-3H3/b19-16-,26-24-,32-30-. The lowest BCUT2D eigenvalue weighted by Crippen LogP contribution is -2.30. The number of rotatable bonds is 53. The van der Waals surface area contributed by atoms with Gasteiger partial charge in [0.25, 0.3) is 0 Å². The SMILES string of the molecule is CCCCC/C=C\C/C=C\C/C=C\CCCCCCCCC(=O)OCC(COCCCCCCCCCCCC)OC(=O)CCCCCCCCCCCCCCCCCCCCC. The van der Waals surface area contributed by atoms with Gasteiger partial charge in [-0.1, -0.05) is 269 Å². The first-order valence-electron chi connectivity index (χ1n) is 28.5. The predicted molar refractivity (Wildman–Crippen MR) is 279 cm³/mol. The van der Waals surface area contributed by atoms with Gasteiger partial charge >= 0.3 is 11.9 Å². The van der Waals surface area contributed by atoms with Crippen molar-refractivity contribution in [2.45, 2.75) is 309 Å². The molecule has 0 saturated carbocycles. The zero-order valence-corrected chi connectivity index (χ0v) is 43.3. The molecule has 0 bridgehead atoms. The highest BCUT2D eigenvalue weighted by molar-refractivity contribution is 5.70. The molecule has 0 fully saturated rings. The van der Waals surface area contributed by atoms with E-state index in [-0.39, 0.29) is 18.5 Å². The molecule has 0 saturated heterocycles. The summed E-state index contributed by atoms with van der Waals surface area (Å²) < 4.78 is 17.4. The van der Waals surface area contributed by atoms with Gasteiger partial charge in [0.1, 0.15) is 6.61 Å². The first kappa shape index (κ1) is 62.1. The van der Waals surface area contributed by atoms with Crippen LogP contribution in [0.3, 0.4) is 0 Å². The number of hydrogen-bond acceptors (Lipinski definition) is 5. The highest BCUT2D eigenvalue weighted by Gasteiger charge is 2.17. The van der Waals surface area contributed by atoms with Crippen molar-refractivity contribution in [3.8, 4) is 0 Å². The second-order valence-electron chi connectivity index (χ2n) is 19.2. The summed E-state index contributed by atoms with van der Waals surface area (Å²) in [6, 6.07) is 0. The van der Waals surface area contributed by atoms with Crippen LogP contribution in [0.2, 0.25) is 0 Å². The number of esters is 2. The Labute approximate surface area is 400 Å². The Morgan fingerprint density at radius 1 is 0.344 bits per heavy atom. The summed E-state index contributed by atoms with van der Waals surface area (Å²) >= 11 is 0. The molecule has 0 aliphatic rings. The normalized spacial score (nSPS) is 12.4. The van der Waals surface area contributed by atoms with Gasteiger partial charge in [-0.05, 0) is 57.8 Å². The topological polar surface area (TPSA) is 61.8 Å². The summed E-state index contributed by atoms with van der Waals surface area (Å²) in [6.45, 7) is 7.84. The summed E-state index contributed by atoms with van der Waals surface area (Å²) in [4.78, 5) is 25.5. The summed E-state index contributed by atoms with van der Waals surface area (Å²) in [6.07, 6.45) is 67.3. The van der Waals surface area contributed by atoms with Gasteiger partial charge in [-0.15, -0.1) is 0 Å². The van der Waals surface area contributed by atoms with Crippen molar-refractivity contribution < 1.29 is 23.8 Å². The molecular formula is C59H110O5. The van der Waals surface area contributed by atoms with Crippen LogP contribution in [0.5, 0.6) is 0 Å². The number of ether oxygens (including phenoxy) is 3. The van der Waals surface area contributed by atoms with E-state index in [2.05, 4.69) is 57.2 Å². The van der Waals surface area contributed by atoms with E-state index in [1.807, 2.05) is 0 Å². The van der Waals surface area contributed by atoms with Crippen LogP contribution in [0.15, 0.2) is 36.5 Å². The van der Waals surface area contributed by atoms with E-state index < -0.39 is 6.10 Å². The second kappa shape index (κ2) is 55.4. The molecule has 64 heavy (non-hydrogen) atoms. The van der Waals surface area contributed by atoms with Gasteiger partial charge in [0.15, 0.2) is 6.10 Å². The van der Waals surface area contributed by atoms with E-state index in [9.17, 15) is 9.59 Å². The Morgan fingerprint density at radius 2 is 0.656 bits per heavy atom. The lowest BCUT2D eigenvalue weighted by Gasteiger charge is -2.18. The lowest BCUT2D eigenvalue weighted by molar-refractivity contribution is -0.163. The maximum Gasteiger partial charge on any atom is 0.306 e. The van der Waals surface area contributed by atoms with E-state index in [4.69, 9.17) is 14.2 Å². The van der Waals surface area contributed by atoms with E-state index in [1.165, 1.54) is 212 Å². The summed E-state index contributed by atoms with van der Waals surface area (Å²) in [7, 11) is 0. The zero-order chi connectivity index (χ0) is 46.3. The molecule has 0 heterocycles. The smallest absolute Gasteiger partial charge is 0.306 e. The molecule has 0 aromatic heterocycles. The van der Waals surface area contributed by atoms with Crippen LogP contribution in [0.25, 0.3) is 0 Å². The van der Waals surface area contributed by atoms with Gasteiger partial charge < -0.3 is 14.2 Å². The fourth-order valence-electron chi connectivity index (χ4n) is 8.40. The molecule has 0 aromatic carbocycles. The number of unbranched alkanes of at least 4 members (excludes halogenated alkanes) is 36. The minimum atomic E-state index is -0.535. The van der Waals surface area contributed by atoms with Gasteiger partial charge in [-0.3, -0.25) is 9.59 Å². The number of carbonyl (C=O) groups is 2. The van der Waals surface area contributed by atoms with Crippen LogP contribution < -0.4 is 0 Å². The highest BCUT2D eigenvalue weighted by Crippen LogP contribution is 2.16. The van der Waals surface area contributed by atoms with Crippen molar-refractivity contribution in [1.29, 1.82) is 0 Å². The van der Waals surface area contributed by atoms with Crippen LogP contribution in [-0.2, 0) is 23.8 Å². The highest BCUT2D eigenvalue weighted by atomic mass is 16.6. The van der Waals surface area contributed by atoms with Gasteiger partial charge in [0.2, 0.25) is 0 Å². The molecular weight excluding hydrogens is 789 g/mol. The van der Waals surface area contributed by atoms with Crippen LogP contribution >= 0.6 is 0 Å². The monoisotopic (exact) mass is 899 g/mol. The molecule has 5 nitrogen and oxygen atoms in total. The number of carbonyl (C=O) groups excluding carboxylic acids is 2. The Balaban J connectivity index is 4.17. The maximum absolute atomic E-state index is 12.8. The van der Waals surface area contributed by atoms with E-state index >= 15 is 0 Å². The predicted octanol–water partition coefficient (Wildman–Crippen LogP) is 19.4. The third-order valence-electron chi connectivity index (χ3n) is 12.7. The Morgan fingerprint density at radius 3 is 1.08 bits per heavy atom. The van der Waals surface area contributed by atoms with Crippen molar-refractivity contribution in [3.63, 3.8) is 0 Å². The van der Waals surface area contributed by atoms with Crippen molar-refractivity contribution in [1.82, 2.24) is 0 Å². The van der Waals surface area contributed by atoms with Crippen LogP contribution in [-0.4, -0.2) is 37.9 Å². The van der Waals surface area contributed by atoms with Gasteiger partial charge in [0, 0.05) is 19.4 Å². The van der Waals surface area contributed by atoms with E-state index in [0.717, 1.165) is 57.8 Å². The average molecular weight is 900 g/mol. The quantitative estimate of drug-likeness (QED) is 0.0346. The maximum atomic E-state index is 12.8. The molecule has 0 N–H and O–H groups in total. The van der Waals surface area contributed by atoms with Crippen molar-refractivity contribution in [3.05, 3.63) is 36.5 Å². The third kappa shape index (κ3) is 52.7. The Bertz CT molecular complexity index is 1020. The molecule has 0 aliphatic heterocycles. The molecule has 0 spiro atoms. The molecule has 1 unspecified atom stereocenters. The number of allylic oxidation sites excluding steroid dienone is 6. The molecule has 0 aliphatic carbocycles. The molecule has 0 rings (SSSR count). The van der Waals surface area contributed by atoms with Crippen molar-refractivity contribution in [2.75, 3.05) is 19.8 Å². The molecule has 5 heteroatoms. The van der Waals surface area contributed by atoms with Gasteiger partial charge in [-0.2, -0.15) is 0 Å². The fraction of sp³-hybridized carbons (Fsp3) is 0.864. The minimum absolute atomic E-state index is 0.0846. The van der Waals surface area contributed by atoms with Crippen LogP contribution in [0.1, 0.15) is 303 Å². The lowest BCUT2D eigenvalue weighted by atomic mass is 10.0. The largest absolute Gasteiger partial charge is 0.462 e. The zero-order valence-electron chi connectivity index (χ0n) is 43.3. The van der Waals surface area contributed by atoms with Crippen molar-refractivity contribution in [2.24, 2.45) is 0 Å². The summed E-state index contributed by atoms with van der Waals surface area (Å²) in [5, 5.41) is 0. The Hall–Kier alpha value is -1.88. The Kier molecular flexibility index (Phi) is 53.8. The minimum Gasteiger partial charge on any atom is -0.462 e. The first-order chi connectivity index (χ1) is 31.6. The van der Waals surface area contributed by atoms with Crippen molar-refractivity contribution >= 4 is 11.9 Å². The second-order valence-corrected chi connectivity index (χ2v) is 19.2. The third-order valence-corrected chi connectivity index (χ3v) is 12.7. The number of hydrogen-bond donors (Lipinski definition) is 0. The van der Waals surface area contributed by atoms with Gasteiger partial charge in [0.05, 0.1) is 6.61 Å². The van der Waals surface area contributed by atoms with E-state index in [1.54, 1.807) is 0 Å². The molecule has 1 atom stereocenters. The molecule has 0 amide bonds. The van der Waals surface area contributed by atoms with Gasteiger partial charge in [-0.25, -0.2) is 0 Å². The molecule has 376 valence electrons. The first-order valence-corrected chi connectivity index (χ1v) is 28.5. The van der Waals surface area contributed by atoms with Crippen LogP contribution in [0, 0.1) is 0 Å². The fourth-order valence-corrected chi connectivity index (χ4v) is 8.40. The van der Waals surface area contributed by atoms with E-state index in [0.29, 0.717) is 26.1 Å². The molecule has 0 radical (unpaired) electrons. The average Bonchev–Trinajstić information content (AvgIpc) is 3.30. The summed E-state index contributed by atoms with van der Waals surface area (Å²) in [5.74, 6) is -0.393. The van der Waals surface area contributed by atoms with Crippen LogP contribution in [0.4, 0.5) is 0 Å².